The Morgan fingerprint density at radius 3 is 2.90 bits per heavy atom. The monoisotopic (exact) mass is 284 g/mol. The second-order valence-electron chi connectivity index (χ2n) is 5.49. The van der Waals surface area contributed by atoms with Crippen molar-refractivity contribution < 1.29 is 8.81 Å². The molecule has 3 aromatic rings. The number of H-pyrrole nitrogens is 1. The summed E-state index contributed by atoms with van der Waals surface area (Å²) in [5, 5.41) is 0.666. The molecule has 1 aromatic carbocycles. The van der Waals surface area contributed by atoms with Gasteiger partial charge in [-0.25, -0.2) is 9.37 Å². The van der Waals surface area contributed by atoms with E-state index in [-0.39, 0.29) is 11.4 Å². The van der Waals surface area contributed by atoms with Gasteiger partial charge in [-0.05, 0) is 44.0 Å². The van der Waals surface area contributed by atoms with Crippen LogP contribution in [0.1, 0.15) is 30.1 Å². The van der Waals surface area contributed by atoms with Gasteiger partial charge >= 0.3 is 0 Å². The van der Waals surface area contributed by atoms with Gasteiger partial charge in [-0.3, -0.25) is 4.79 Å². The molecule has 0 unspecified atom stereocenters. The van der Waals surface area contributed by atoms with E-state index in [2.05, 4.69) is 9.97 Å². The minimum atomic E-state index is -0.316. The van der Waals surface area contributed by atoms with E-state index >= 15 is 0 Å². The molecule has 2 aromatic heterocycles. The molecule has 0 aliphatic heterocycles. The molecule has 0 atom stereocenters. The van der Waals surface area contributed by atoms with Crippen LogP contribution < -0.4 is 5.56 Å². The van der Waals surface area contributed by atoms with Crippen LogP contribution in [-0.2, 0) is 0 Å². The number of aromatic nitrogens is 2. The first-order chi connectivity index (χ1) is 10.1. The van der Waals surface area contributed by atoms with Crippen LogP contribution in [0.5, 0.6) is 0 Å². The van der Waals surface area contributed by atoms with Crippen LogP contribution in [0.4, 0.5) is 4.39 Å². The largest absolute Gasteiger partial charge is 0.454 e. The summed E-state index contributed by atoms with van der Waals surface area (Å²) in [6.07, 6.45) is 2.10. The number of nitrogens with zero attached hydrogens (tertiary/aromatic N) is 1. The molecule has 1 fully saturated rings. The van der Waals surface area contributed by atoms with E-state index in [1.165, 1.54) is 12.1 Å². The fourth-order valence-electron chi connectivity index (χ4n) is 2.47. The fourth-order valence-corrected chi connectivity index (χ4v) is 2.47. The Hall–Kier alpha value is -2.43. The van der Waals surface area contributed by atoms with Gasteiger partial charge in [0.25, 0.3) is 5.56 Å². The number of rotatable bonds is 2. The normalized spacial score (nSPS) is 14.8. The first kappa shape index (κ1) is 12.3. The van der Waals surface area contributed by atoms with Crippen molar-refractivity contribution in [2.45, 2.75) is 25.7 Å². The Morgan fingerprint density at radius 2 is 2.14 bits per heavy atom. The molecule has 1 aliphatic carbocycles. The maximum atomic E-state index is 13.3. The van der Waals surface area contributed by atoms with E-state index in [9.17, 15) is 9.18 Å². The van der Waals surface area contributed by atoms with Crippen molar-refractivity contribution in [3.05, 3.63) is 51.8 Å². The number of benzene rings is 1. The molecular weight excluding hydrogens is 271 g/mol. The second-order valence-corrected chi connectivity index (χ2v) is 5.49. The van der Waals surface area contributed by atoms with Gasteiger partial charge in [0.15, 0.2) is 5.76 Å². The molecule has 1 N–H and O–H groups in total. The van der Waals surface area contributed by atoms with Crippen molar-refractivity contribution in [1.82, 2.24) is 9.97 Å². The summed E-state index contributed by atoms with van der Waals surface area (Å²) in [6, 6.07) is 6.07. The van der Waals surface area contributed by atoms with Gasteiger partial charge in [0.1, 0.15) is 22.9 Å². The Morgan fingerprint density at radius 1 is 1.33 bits per heavy atom. The smallest absolute Gasteiger partial charge is 0.254 e. The molecule has 0 amide bonds. The minimum absolute atomic E-state index is 0.145. The molecule has 4 nitrogen and oxygen atoms in total. The summed E-state index contributed by atoms with van der Waals surface area (Å²) in [6.45, 7) is 1.71. The average Bonchev–Trinajstić information content (AvgIpc) is 3.22. The Balaban J connectivity index is 1.92. The van der Waals surface area contributed by atoms with Gasteiger partial charge in [0.2, 0.25) is 0 Å². The Labute approximate surface area is 119 Å². The van der Waals surface area contributed by atoms with Gasteiger partial charge in [-0.1, -0.05) is 0 Å². The van der Waals surface area contributed by atoms with E-state index < -0.39 is 0 Å². The van der Waals surface area contributed by atoms with Crippen LogP contribution in [0.15, 0.2) is 33.5 Å². The van der Waals surface area contributed by atoms with E-state index in [4.69, 9.17) is 4.42 Å². The molecule has 2 heterocycles. The molecule has 1 saturated carbocycles. The highest BCUT2D eigenvalue weighted by atomic mass is 19.1. The molecule has 4 rings (SSSR count). The Bertz CT molecular complexity index is 906. The summed E-state index contributed by atoms with van der Waals surface area (Å²) < 4.78 is 19.0. The highest BCUT2D eigenvalue weighted by molar-refractivity contribution is 5.82. The van der Waals surface area contributed by atoms with Gasteiger partial charge in [0.05, 0.1) is 0 Å². The van der Waals surface area contributed by atoms with Crippen molar-refractivity contribution >= 4 is 11.0 Å². The van der Waals surface area contributed by atoms with Crippen LogP contribution in [0.25, 0.3) is 22.4 Å². The summed E-state index contributed by atoms with van der Waals surface area (Å²) in [5.41, 5.74) is 1.49. The van der Waals surface area contributed by atoms with Crippen molar-refractivity contribution in [1.29, 1.82) is 0 Å². The Kier molecular flexibility index (Phi) is 2.51. The molecule has 21 heavy (non-hydrogen) atoms. The lowest BCUT2D eigenvalue weighted by Gasteiger charge is -2.04. The summed E-state index contributed by atoms with van der Waals surface area (Å²) in [7, 11) is 0. The van der Waals surface area contributed by atoms with Crippen molar-refractivity contribution in [2.24, 2.45) is 0 Å². The van der Waals surface area contributed by atoms with E-state index in [1.54, 1.807) is 19.1 Å². The summed E-state index contributed by atoms with van der Waals surface area (Å²) in [4.78, 5) is 19.4. The second kappa shape index (κ2) is 4.28. The molecule has 0 spiro atoms. The van der Waals surface area contributed by atoms with E-state index in [0.29, 0.717) is 39.7 Å². The van der Waals surface area contributed by atoms with Crippen LogP contribution in [0, 0.1) is 12.7 Å². The molecule has 1 aliphatic rings. The minimum Gasteiger partial charge on any atom is -0.454 e. The maximum Gasteiger partial charge on any atom is 0.254 e. The predicted octanol–water partition coefficient (Wildman–Crippen LogP) is 3.51. The highest BCUT2D eigenvalue weighted by Crippen LogP contribution is 2.38. The molecular formula is C16H13FN2O2. The fraction of sp³-hybridized carbons (Fsp3) is 0.250. The third kappa shape index (κ3) is 2.05. The third-order valence-corrected chi connectivity index (χ3v) is 3.85. The topological polar surface area (TPSA) is 58.9 Å². The molecule has 0 bridgehead atoms. The van der Waals surface area contributed by atoms with E-state index in [1.807, 2.05) is 0 Å². The van der Waals surface area contributed by atoms with Gasteiger partial charge in [0, 0.05) is 16.9 Å². The van der Waals surface area contributed by atoms with Gasteiger partial charge < -0.3 is 9.40 Å². The first-order valence-corrected chi connectivity index (χ1v) is 6.92. The first-order valence-electron chi connectivity index (χ1n) is 6.92. The number of aromatic amines is 1. The van der Waals surface area contributed by atoms with Crippen LogP contribution in [0.2, 0.25) is 0 Å². The number of nitrogens with one attached hydrogen (secondary N) is 1. The zero-order valence-corrected chi connectivity index (χ0v) is 11.4. The lowest BCUT2D eigenvalue weighted by atomic mass is 10.2. The number of furan rings is 1. The maximum absolute atomic E-state index is 13.3. The number of hydrogen-bond acceptors (Lipinski definition) is 3. The molecule has 0 radical (unpaired) electrons. The highest BCUT2D eigenvalue weighted by Gasteiger charge is 2.27. The number of fused-ring (bicyclic) bond motifs is 1. The van der Waals surface area contributed by atoms with Crippen molar-refractivity contribution in [2.75, 3.05) is 0 Å². The summed E-state index contributed by atoms with van der Waals surface area (Å²) >= 11 is 0. The lowest BCUT2D eigenvalue weighted by molar-refractivity contribution is 0.616. The quantitative estimate of drug-likeness (QED) is 0.783. The zero-order chi connectivity index (χ0) is 14.6. The SMILES string of the molecule is Cc1c(-c2cc3cc(F)ccc3o2)nc(C2CC2)[nH]c1=O. The zero-order valence-electron chi connectivity index (χ0n) is 11.4. The third-order valence-electron chi connectivity index (χ3n) is 3.85. The average molecular weight is 284 g/mol. The molecule has 0 saturated heterocycles. The molecule has 5 heteroatoms. The number of hydrogen-bond donors (Lipinski definition) is 1. The van der Waals surface area contributed by atoms with Crippen LogP contribution in [0.3, 0.4) is 0 Å². The number of halogens is 1. The standard InChI is InChI=1S/C16H13FN2O2/c1-8-14(18-15(9-2-3-9)19-16(8)20)13-7-10-6-11(17)4-5-12(10)21-13/h4-7,9H,2-3H2,1H3,(H,18,19,20). The molecule has 106 valence electrons. The van der Waals surface area contributed by atoms with Gasteiger partial charge in [-0.15, -0.1) is 0 Å². The van der Waals surface area contributed by atoms with Gasteiger partial charge in [-0.2, -0.15) is 0 Å². The van der Waals surface area contributed by atoms with Crippen LogP contribution in [-0.4, -0.2) is 9.97 Å². The van der Waals surface area contributed by atoms with E-state index in [0.717, 1.165) is 12.8 Å². The lowest BCUT2D eigenvalue weighted by Crippen LogP contribution is -2.15. The van der Waals surface area contributed by atoms with Crippen molar-refractivity contribution in [3.8, 4) is 11.5 Å². The van der Waals surface area contributed by atoms with Crippen LogP contribution >= 0.6 is 0 Å². The summed E-state index contributed by atoms with van der Waals surface area (Å²) in [5.74, 6) is 1.25. The van der Waals surface area contributed by atoms with Crippen molar-refractivity contribution in [3.63, 3.8) is 0 Å². The predicted molar refractivity (Wildman–Crippen MR) is 76.7 cm³/mol.